The highest BCUT2D eigenvalue weighted by Gasteiger charge is 2.29. The van der Waals surface area contributed by atoms with Crippen molar-refractivity contribution < 1.29 is 22.9 Å². The zero-order valence-electron chi connectivity index (χ0n) is 25.6. The number of hydrogen-bond acceptors (Lipinski definition) is 5. The molecule has 0 heterocycles. The number of hydrogen-bond donors (Lipinski definition) is 0. The summed E-state index contributed by atoms with van der Waals surface area (Å²) in [5.74, 6) is 0.263. The maximum Gasteiger partial charge on any atom is 0.529 e. The Kier molecular flexibility index (Phi) is 20.2. The van der Waals surface area contributed by atoms with Crippen LogP contribution in [0, 0.1) is 0 Å². The molecule has 0 aliphatic heterocycles. The molecule has 0 spiro atoms. The molecule has 7 heteroatoms. The highest BCUT2D eigenvalue weighted by atomic mass is 35.5. The first-order chi connectivity index (χ1) is 20.1. The topological polar surface area (TPSA) is 54.0 Å². The van der Waals surface area contributed by atoms with Crippen molar-refractivity contribution in [3.05, 3.63) is 65.2 Å². The average Bonchev–Trinajstić information content (AvgIpc) is 2.99. The molecule has 41 heavy (non-hydrogen) atoms. The van der Waals surface area contributed by atoms with Gasteiger partial charge in [-0.05, 0) is 24.1 Å². The van der Waals surface area contributed by atoms with Crippen molar-refractivity contribution in [2.45, 2.75) is 129 Å². The van der Waals surface area contributed by atoms with Gasteiger partial charge in [-0.25, -0.2) is 4.57 Å². The van der Waals surface area contributed by atoms with Gasteiger partial charge in [-0.3, -0.25) is 9.05 Å². The molecule has 0 aliphatic carbocycles. The van der Waals surface area contributed by atoms with Crippen LogP contribution in [0.2, 0.25) is 5.02 Å². The van der Waals surface area contributed by atoms with E-state index < -0.39 is 7.82 Å². The fourth-order valence-electron chi connectivity index (χ4n) is 4.85. The van der Waals surface area contributed by atoms with Crippen LogP contribution in [0.4, 0.5) is 0 Å². The molecule has 1 unspecified atom stereocenters. The maximum absolute atomic E-state index is 13.1. The van der Waals surface area contributed by atoms with Crippen LogP contribution >= 0.6 is 19.4 Å². The van der Waals surface area contributed by atoms with E-state index in [-0.39, 0.29) is 18.5 Å². The van der Waals surface area contributed by atoms with Gasteiger partial charge in [-0.15, -0.1) is 0 Å². The minimum Gasteiger partial charge on any atom is -0.402 e. The third kappa shape index (κ3) is 17.4. The van der Waals surface area contributed by atoms with Crippen molar-refractivity contribution in [1.29, 1.82) is 0 Å². The first-order valence-electron chi connectivity index (χ1n) is 16.0. The highest BCUT2D eigenvalue weighted by Crippen LogP contribution is 2.50. The minimum atomic E-state index is -3.84. The Hall–Kier alpha value is -1.36. The standard InChI is InChI=1S/C34H54ClO5P/c1-3-4-5-6-7-8-9-10-11-12-13-14-15-16-17-21-26-32(38-29-31-24-19-18-20-25-31)30-39-41(36,37-2)40-34-28-23-22-27-33(34)35/h18-20,22-25,27-28,32H,3-17,21,26,29-30H2,1-2H3/t32-,41?/m0/s1. The maximum atomic E-state index is 13.1. The van der Waals surface area contributed by atoms with Gasteiger partial charge >= 0.3 is 7.82 Å². The summed E-state index contributed by atoms with van der Waals surface area (Å²) in [5, 5.41) is 0.346. The first-order valence-corrected chi connectivity index (χ1v) is 17.8. The zero-order valence-corrected chi connectivity index (χ0v) is 27.2. The molecule has 0 N–H and O–H groups in total. The Morgan fingerprint density at radius 3 is 1.76 bits per heavy atom. The van der Waals surface area contributed by atoms with Crippen LogP contribution in [0.25, 0.3) is 0 Å². The summed E-state index contributed by atoms with van der Waals surface area (Å²) in [6.45, 7) is 2.86. The van der Waals surface area contributed by atoms with E-state index in [2.05, 4.69) is 6.92 Å². The average molecular weight is 609 g/mol. The molecule has 0 saturated heterocycles. The lowest BCUT2D eigenvalue weighted by Crippen LogP contribution is -2.20. The molecule has 2 aromatic carbocycles. The summed E-state index contributed by atoms with van der Waals surface area (Å²) in [6.07, 6.45) is 22.0. The number of benzene rings is 2. The molecule has 2 rings (SSSR count). The van der Waals surface area contributed by atoms with E-state index in [1.807, 2.05) is 30.3 Å². The molecule has 0 radical (unpaired) electrons. The Bertz CT molecular complexity index is 942. The van der Waals surface area contributed by atoms with Gasteiger partial charge in [0.1, 0.15) is 5.75 Å². The van der Waals surface area contributed by atoms with Gasteiger partial charge < -0.3 is 9.26 Å². The number of halogens is 1. The van der Waals surface area contributed by atoms with Crippen LogP contribution in [0.15, 0.2) is 54.6 Å². The normalized spacial score (nSPS) is 13.6. The molecule has 0 aliphatic rings. The fraction of sp³-hybridized carbons (Fsp3) is 0.647. The molecular formula is C34H54ClO5P. The largest absolute Gasteiger partial charge is 0.529 e. The highest BCUT2D eigenvalue weighted by molar-refractivity contribution is 7.48. The molecule has 2 atom stereocenters. The molecule has 2 aromatic rings. The lowest BCUT2D eigenvalue weighted by Gasteiger charge is -2.22. The van der Waals surface area contributed by atoms with Gasteiger partial charge in [0.25, 0.3) is 0 Å². The second-order valence-electron chi connectivity index (χ2n) is 11.0. The van der Waals surface area contributed by atoms with Crippen LogP contribution in [0.5, 0.6) is 5.75 Å². The van der Waals surface area contributed by atoms with E-state index in [4.69, 9.17) is 29.9 Å². The SMILES string of the molecule is CCCCCCCCCCCCCCCCCC[C@@H](COP(=O)(OC)Oc1ccccc1Cl)OCc1ccccc1. The number of phosphoric acid groups is 1. The number of ether oxygens (including phenoxy) is 1. The molecule has 232 valence electrons. The summed E-state index contributed by atoms with van der Waals surface area (Å²) in [6, 6.07) is 16.9. The van der Waals surface area contributed by atoms with Gasteiger partial charge in [0.05, 0.1) is 24.3 Å². The molecule has 0 bridgehead atoms. The van der Waals surface area contributed by atoms with E-state index in [0.717, 1.165) is 24.8 Å². The van der Waals surface area contributed by atoms with Crippen LogP contribution in [-0.2, 0) is 25.0 Å². The van der Waals surface area contributed by atoms with Gasteiger partial charge in [0.15, 0.2) is 0 Å². The van der Waals surface area contributed by atoms with E-state index in [0.29, 0.717) is 11.6 Å². The van der Waals surface area contributed by atoms with Crippen molar-refractivity contribution in [1.82, 2.24) is 0 Å². The molecule has 0 aromatic heterocycles. The number of para-hydroxylation sites is 1. The lowest BCUT2D eigenvalue weighted by atomic mass is 10.0. The minimum absolute atomic E-state index is 0.112. The van der Waals surface area contributed by atoms with Crippen LogP contribution in [0.3, 0.4) is 0 Å². The van der Waals surface area contributed by atoms with E-state index in [1.165, 1.54) is 97.0 Å². The van der Waals surface area contributed by atoms with Crippen LogP contribution < -0.4 is 4.52 Å². The van der Waals surface area contributed by atoms with Gasteiger partial charge in [-0.2, -0.15) is 0 Å². The molecule has 0 fully saturated rings. The van der Waals surface area contributed by atoms with Crippen molar-refractivity contribution in [3.63, 3.8) is 0 Å². The molecule has 0 saturated carbocycles. The number of unbranched alkanes of at least 4 members (excludes halogenated alkanes) is 15. The molecule has 0 amide bonds. The van der Waals surface area contributed by atoms with Crippen molar-refractivity contribution in [2.24, 2.45) is 0 Å². The smallest absolute Gasteiger partial charge is 0.402 e. The summed E-state index contributed by atoms with van der Waals surface area (Å²) < 4.78 is 35.7. The predicted octanol–water partition coefficient (Wildman–Crippen LogP) is 11.7. The second kappa shape index (κ2) is 23.1. The third-order valence-electron chi connectivity index (χ3n) is 7.40. The third-order valence-corrected chi connectivity index (χ3v) is 9.04. The van der Waals surface area contributed by atoms with E-state index in [9.17, 15) is 4.57 Å². The lowest BCUT2D eigenvalue weighted by molar-refractivity contribution is -0.00435. The zero-order chi connectivity index (χ0) is 29.4. The summed E-state index contributed by atoms with van der Waals surface area (Å²) >= 11 is 6.17. The van der Waals surface area contributed by atoms with E-state index in [1.54, 1.807) is 24.3 Å². The predicted molar refractivity (Wildman–Crippen MR) is 172 cm³/mol. The van der Waals surface area contributed by atoms with Gasteiger partial charge in [-0.1, -0.05) is 164 Å². The van der Waals surface area contributed by atoms with Crippen LogP contribution in [0.1, 0.15) is 122 Å². The van der Waals surface area contributed by atoms with Gasteiger partial charge in [0.2, 0.25) is 0 Å². The van der Waals surface area contributed by atoms with Crippen molar-refractivity contribution >= 4 is 19.4 Å². The Labute approximate surface area is 255 Å². The number of rotatable bonds is 26. The van der Waals surface area contributed by atoms with E-state index >= 15 is 0 Å². The summed E-state index contributed by atoms with van der Waals surface area (Å²) in [5.41, 5.74) is 1.09. The van der Waals surface area contributed by atoms with Crippen LogP contribution in [-0.4, -0.2) is 19.8 Å². The van der Waals surface area contributed by atoms with Crippen molar-refractivity contribution in [2.75, 3.05) is 13.7 Å². The monoisotopic (exact) mass is 608 g/mol. The van der Waals surface area contributed by atoms with Gasteiger partial charge in [0, 0.05) is 7.11 Å². The number of phosphoric ester groups is 1. The second-order valence-corrected chi connectivity index (χ2v) is 13.1. The Morgan fingerprint density at radius 2 is 1.22 bits per heavy atom. The van der Waals surface area contributed by atoms with Crippen molar-refractivity contribution in [3.8, 4) is 5.75 Å². The summed E-state index contributed by atoms with van der Waals surface area (Å²) in [7, 11) is -2.53. The fourth-order valence-corrected chi connectivity index (χ4v) is 6.06. The quantitative estimate of drug-likeness (QED) is 0.0785. The summed E-state index contributed by atoms with van der Waals surface area (Å²) in [4.78, 5) is 0. The molecular weight excluding hydrogens is 555 g/mol. The Balaban J connectivity index is 1.64. The first kappa shape index (κ1) is 35.8. The Morgan fingerprint density at radius 1 is 0.707 bits per heavy atom. The molecule has 5 nitrogen and oxygen atoms in total.